The molecule has 1 aromatic rings. The Hall–Kier alpha value is -0.310. The Bertz CT molecular complexity index is 263. The Morgan fingerprint density at radius 2 is 2.09 bits per heavy atom. The average Bonchev–Trinajstić information content (AvgIpc) is 1.94. The number of halogens is 2. The van der Waals surface area contributed by atoms with Crippen LogP contribution >= 0.6 is 23.2 Å². The van der Waals surface area contributed by atoms with Gasteiger partial charge in [-0.15, -0.1) is 0 Å². The quantitative estimate of drug-likeness (QED) is 0.690. The molecule has 0 saturated carbocycles. The van der Waals surface area contributed by atoms with Crippen molar-refractivity contribution in [2.45, 2.75) is 6.10 Å². The standard InChI is InChI=1S/C7H6Cl2NO/c1-4(11)7-5(8)2-3-6(9)10-7/h2-4,11H,1H2. The third-order valence-corrected chi connectivity index (χ3v) is 1.68. The van der Waals surface area contributed by atoms with Crippen LogP contribution in [0.5, 0.6) is 0 Å². The van der Waals surface area contributed by atoms with Gasteiger partial charge in [0.05, 0.1) is 16.8 Å². The van der Waals surface area contributed by atoms with E-state index in [1.54, 1.807) is 12.1 Å². The number of aromatic nitrogens is 1. The molecule has 0 saturated heterocycles. The normalized spacial score (nSPS) is 13.1. The molecule has 0 aliphatic carbocycles. The van der Waals surface area contributed by atoms with Crippen molar-refractivity contribution >= 4 is 23.2 Å². The van der Waals surface area contributed by atoms with E-state index < -0.39 is 6.10 Å². The summed E-state index contributed by atoms with van der Waals surface area (Å²) < 4.78 is 0. The summed E-state index contributed by atoms with van der Waals surface area (Å²) in [6, 6.07) is 3.12. The highest BCUT2D eigenvalue weighted by atomic mass is 35.5. The zero-order valence-corrected chi connectivity index (χ0v) is 7.10. The number of aliphatic hydroxyl groups excluding tert-OH is 1. The summed E-state index contributed by atoms with van der Waals surface area (Å²) in [6.45, 7) is 3.36. The Kier molecular flexibility index (Phi) is 2.71. The van der Waals surface area contributed by atoms with E-state index >= 15 is 0 Å². The van der Waals surface area contributed by atoms with Crippen LogP contribution in [0.25, 0.3) is 0 Å². The van der Waals surface area contributed by atoms with Gasteiger partial charge in [-0.25, -0.2) is 4.98 Å². The first-order valence-corrected chi connectivity index (χ1v) is 3.70. The van der Waals surface area contributed by atoms with Crippen LogP contribution in [0.3, 0.4) is 0 Å². The summed E-state index contributed by atoms with van der Waals surface area (Å²) in [5.74, 6) is 0. The van der Waals surface area contributed by atoms with E-state index in [4.69, 9.17) is 28.3 Å². The van der Waals surface area contributed by atoms with Gasteiger partial charge in [0.25, 0.3) is 0 Å². The molecule has 0 fully saturated rings. The monoisotopic (exact) mass is 190 g/mol. The van der Waals surface area contributed by atoms with Crippen molar-refractivity contribution in [2.24, 2.45) is 0 Å². The Morgan fingerprint density at radius 1 is 1.45 bits per heavy atom. The van der Waals surface area contributed by atoms with Gasteiger partial charge in [0.15, 0.2) is 0 Å². The fraction of sp³-hybridized carbons (Fsp3) is 0.143. The molecule has 0 aliphatic heterocycles. The van der Waals surface area contributed by atoms with E-state index in [2.05, 4.69) is 11.9 Å². The van der Waals surface area contributed by atoms with Crippen LogP contribution in [-0.2, 0) is 0 Å². The molecule has 0 aliphatic rings. The second kappa shape index (κ2) is 3.39. The first-order chi connectivity index (χ1) is 5.11. The Balaban J connectivity index is 3.13. The number of hydrogen-bond acceptors (Lipinski definition) is 2. The van der Waals surface area contributed by atoms with Gasteiger partial charge in [-0.1, -0.05) is 23.2 Å². The van der Waals surface area contributed by atoms with Crippen molar-refractivity contribution in [2.75, 3.05) is 0 Å². The van der Waals surface area contributed by atoms with E-state index in [1.807, 2.05) is 0 Å². The Morgan fingerprint density at radius 3 is 2.55 bits per heavy atom. The van der Waals surface area contributed by atoms with Crippen molar-refractivity contribution in [1.29, 1.82) is 0 Å². The third kappa shape index (κ3) is 2.06. The van der Waals surface area contributed by atoms with Crippen LogP contribution in [0, 0.1) is 6.92 Å². The first kappa shape index (κ1) is 8.78. The molecule has 1 N–H and O–H groups in total. The highest BCUT2D eigenvalue weighted by Crippen LogP contribution is 2.21. The summed E-state index contributed by atoms with van der Waals surface area (Å²) >= 11 is 11.2. The van der Waals surface area contributed by atoms with Crippen LogP contribution in [0.2, 0.25) is 10.2 Å². The lowest BCUT2D eigenvalue weighted by molar-refractivity contribution is 0.221. The first-order valence-electron chi connectivity index (χ1n) is 2.94. The third-order valence-electron chi connectivity index (χ3n) is 1.15. The molecule has 2 nitrogen and oxygen atoms in total. The molecular formula is C7H6Cl2NO. The maximum absolute atomic E-state index is 9.01. The van der Waals surface area contributed by atoms with E-state index in [-0.39, 0.29) is 0 Å². The lowest BCUT2D eigenvalue weighted by atomic mass is 10.2. The molecule has 1 atom stereocenters. The highest BCUT2D eigenvalue weighted by Gasteiger charge is 2.07. The zero-order chi connectivity index (χ0) is 8.43. The minimum absolute atomic E-state index is 0.298. The average molecular weight is 191 g/mol. The minimum Gasteiger partial charge on any atom is -0.387 e. The smallest absolute Gasteiger partial charge is 0.129 e. The SMILES string of the molecule is [CH2]C(O)c1nc(Cl)ccc1Cl. The second-order valence-electron chi connectivity index (χ2n) is 2.02. The van der Waals surface area contributed by atoms with E-state index in [0.29, 0.717) is 15.9 Å². The predicted molar refractivity (Wildman–Crippen MR) is 44.6 cm³/mol. The lowest BCUT2D eigenvalue weighted by Crippen LogP contribution is -1.96. The lowest BCUT2D eigenvalue weighted by Gasteiger charge is -2.04. The molecular weight excluding hydrogens is 185 g/mol. The van der Waals surface area contributed by atoms with Crippen LogP contribution in [-0.4, -0.2) is 10.1 Å². The molecule has 1 rings (SSSR count). The molecule has 1 heterocycles. The zero-order valence-electron chi connectivity index (χ0n) is 5.59. The van der Waals surface area contributed by atoms with E-state index in [0.717, 1.165) is 0 Å². The largest absolute Gasteiger partial charge is 0.387 e. The van der Waals surface area contributed by atoms with Crippen molar-refractivity contribution in [1.82, 2.24) is 4.98 Å². The van der Waals surface area contributed by atoms with Gasteiger partial charge in [-0.05, 0) is 19.1 Å². The summed E-state index contributed by atoms with van der Waals surface area (Å²) in [7, 11) is 0. The van der Waals surface area contributed by atoms with Crippen molar-refractivity contribution < 1.29 is 5.11 Å². The van der Waals surface area contributed by atoms with Crippen molar-refractivity contribution in [3.05, 3.63) is 34.9 Å². The predicted octanol–water partition coefficient (Wildman–Crippen LogP) is 2.26. The molecule has 1 radical (unpaired) electrons. The summed E-state index contributed by atoms with van der Waals surface area (Å²) in [4.78, 5) is 3.79. The van der Waals surface area contributed by atoms with Gasteiger partial charge in [0, 0.05) is 0 Å². The van der Waals surface area contributed by atoms with Crippen LogP contribution in [0.1, 0.15) is 11.8 Å². The van der Waals surface area contributed by atoms with Crippen LogP contribution < -0.4 is 0 Å². The number of nitrogens with zero attached hydrogens (tertiary/aromatic N) is 1. The van der Waals surface area contributed by atoms with Gasteiger partial charge in [0.2, 0.25) is 0 Å². The van der Waals surface area contributed by atoms with Crippen LogP contribution in [0.4, 0.5) is 0 Å². The molecule has 0 spiro atoms. The highest BCUT2D eigenvalue weighted by molar-refractivity contribution is 6.32. The van der Waals surface area contributed by atoms with Gasteiger partial charge in [-0.2, -0.15) is 0 Å². The summed E-state index contributed by atoms with van der Waals surface area (Å²) in [6.07, 6.45) is -0.929. The van der Waals surface area contributed by atoms with Gasteiger partial charge in [-0.3, -0.25) is 0 Å². The van der Waals surface area contributed by atoms with Gasteiger partial charge < -0.3 is 5.11 Å². The summed E-state index contributed by atoms with van der Waals surface area (Å²) in [5.41, 5.74) is 0.305. The van der Waals surface area contributed by atoms with Crippen molar-refractivity contribution in [3.8, 4) is 0 Å². The number of aliphatic hydroxyl groups is 1. The second-order valence-corrected chi connectivity index (χ2v) is 2.81. The maximum atomic E-state index is 9.01. The van der Waals surface area contributed by atoms with Gasteiger partial charge >= 0.3 is 0 Å². The number of pyridine rings is 1. The molecule has 0 aromatic carbocycles. The topological polar surface area (TPSA) is 33.1 Å². The Labute approximate surface area is 74.8 Å². The molecule has 11 heavy (non-hydrogen) atoms. The van der Waals surface area contributed by atoms with Crippen molar-refractivity contribution in [3.63, 3.8) is 0 Å². The molecule has 4 heteroatoms. The maximum Gasteiger partial charge on any atom is 0.129 e. The fourth-order valence-electron chi connectivity index (χ4n) is 0.667. The van der Waals surface area contributed by atoms with Crippen LogP contribution in [0.15, 0.2) is 12.1 Å². The fourth-order valence-corrected chi connectivity index (χ4v) is 1.05. The number of hydrogen-bond donors (Lipinski definition) is 1. The minimum atomic E-state index is -0.929. The molecule has 1 unspecified atom stereocenters. The molecule has 0 bridgehead atoms. The van der Waals surface area contributed by atoms with E-state index in [9.17, 15) is 0 Å². The van der Waals surface area contributed by atoms with Gasteiger partial charge in [0.1, 0.15) is 5.15 Å². The summed E-state index contributed by atoms with van der Waals surface area (Å²) in [5, 5.41) is 9.68. The number of rotatable bonds is 1. The molecule has 59 valence electrons. The molecule has 1 aromatic heterocycles. The molecule has 0 amide bonds. The van der Waals surface area contributed by atoms with E-state index in [1.165, 1.54) is 0 Å².